The molecule has 1 saturated carbocycles. The van der Waals surface area contributed by atoms with Crippen LogP contribution in [0, 0.1) is 0 Å². The van der Waals surface area contributed by atoms with E-state index in [1.807, 2.05) is 0 Å². The topological polar surface area (TPSA) is 114 Å². The molecule has 5 rings (SSSR count). The van der Waals surface area contributed by atoms with Gasteiger partial charge < -0.3 is 24.9 Å². The minimum Gasteiger partial charge on any atom is -0.452 e. The molecule has 8 nitrogen and oxygen atoms in total. The zero-order valence-corrected chi connectivity index (χ0v) is 20.0. The van der Waals surface area contributed by atoms with Gasteiger partial charge in [0.05, 0.1) is 6.10 Å². The molecule has 11 heteroatoms. The second-order valence-corrected chi connectivity index (χ2v) is 9.56. The fourth-order valence-corrected chi connectivity index (χ4v) is 5.32. The number of nitrogens with one attached hydrogen (secondary N) is 2. The molecule has 1 aliphatic carbocycles. The number of furan rings is 1. The number of halogens is 2. The van der Waals surface area contributed by atoms with Crippen molar-refractivity contribution in [2.45, 2.75) is 51.4 Å². The molecule has 1 aliphatic rings. The number of alkyl halides is 2. The maximum Gasteiger partial charge on any atom is 0.387 e. The summed E-state index contributed by atoms with van der Waals surface area (Å²) in [6, 6.07) is 7.94. The second kappa shape index (κ2) is 9.82. The first-order valence-corrected chi connectivity index (χ1v) is 12.3. The molecule has 0 radical (unpaired) electrons. The van der Waals surface area contributed by atoms with E-state index >= 15 is 0 Å². The number of fused-ring (bicyclic) bond motifs is 3. The Bertz CT molecular complexity index is 1440. The number of carbonyl (C=O) groups excluding carboxylic acids is 2. The van der Waals surface area contributed by atoms with E-state index in [2.05, 4.69) is 20.4 Å². The Balaban J connectivity index is 1.54. The number of aromatic nitrogens is 1. The highest BCUT2D eigenvalue weighted by Crippen LogP contribution is 2.43. The highest BCUT2D eigenvalue weighted by atomic mass is 32.1. The summed E-state index contributed by atoms with van der Waals surface area (Å²) in [5.74, 6) is -0.694. The van der Waals surface area contributed by atoms with Gasteiger partial charge in [-0.1, -0.05) is 0 Å². The van der Waals surface area contributed by atoms with Gasteiger partial charge in [-0.3, -0.25) is 9.59 Å². The van der Waals surface area contributed by atoms with Crippen LogP contribution in [0.15, 0.2) is 40.1 Å². The van der Waals surface area contributed by atoms with Crippen molar-refractivity contribution in [3.63, 3.8) is 0 Å². The molecule has 0 aliphatic heterocycles. The first kappa shape index (κ1) is 24.1. The third-order valence-electron chi connectivity index (χ3n) is 6.12. The van der Waals surface area contributed by atoms with Crippen LogP contribution < -0.4 is 15.4 Å². The number of aliphatic hydroxyl groups excluding tert-OH is 1. The van der Waals surface area contributed by atoms with Gasteiger partial charge in [0, 0.05) is 40.4 Å². The lowest BCUT2D eigenvalue weighted by molar-refractivity contribution is -0.114. The number of rotatable bonds is 6. The van der Waals surface area contributed by atoms with E-state index in [4.69, 9.17) is 4.42 Å². The van der Waals surface area contributed by atoms with Gasteiger partial charge in [0.2, 0.25) is 5.91 Å². The summed E-state index contributed by atoms with van der Waals surface area (Å²) in [6.45, 7) is -1.66. The van der Waals surface area contributed by atoms with Crippen molar-refractivity contribution in [3.05, 3.63) is 41.4 Å². The predicted molar refractivity (Wildman–Crippen MR) is 131 cm³/mol. The fourth-order valence-electron chi connectivity index (χ4n) is 4.49. The highest BCUT2D eigenvalue weighted by Gasteiger charge is 2.24. The lowest BCUT2D eigenvalue weighted by Crippen LogP contribution is -2.38. The van der Waals surface area contributed by atoms with Crippen molar-refractivity contribution >= 4 is 50.8 Å². The average Bonchev–Trinajstić information content (AvgIpc) is 3.46. The molecule has 36 heavy (non-hydrogen) atoms. The number of carbonyl (C=O) groups is 2. The van der Waals surface area contributed by atoms with E-state index in [9.17, 15) is 23.5 Å². The monoisotopic (exact) mass is 515 g/mol. The molecule has 4 aromatic rings. The van der Waals surface area contributed by atoms with E-state index in [1.54, 1.807) is 29.6 Å². The van der Waals surface area contributed by atoms with Gasteiger partial charge in [-0.25, -0.2) is 4.98 Å². The van der Waals surface area contributed by atoms with Crippen LogP contribution in [0.25, 0.3) is 32.5 Å². The van der Waals surface area contributed by atoms with Crippen molar-refractivity contribution < 1.29 is 32.6 Å². The second-order valence-electron chi connectivity index (χ2n) is 8.70. The van der Waals surface area contributed by atoms with Gasteiger partial charge in [-0.05, 0) is 56.0 Å². The van der Waals surface area contributed by atoms with E-state index in [0.717, 1.165) is 0 Å². The smallest absolute Gasteiger partial charge is 0.387 e. The summed E-state index contributed by atoms with van der Waals surface area (Å²) >= 11 is 1.24. The van der Waals surface area contributed by atoms with Gasteiger partial charge in [0.15, 0.2) is 11.3 Å². The SMILES string of the molecule is CC(=O)Nc1ccc2oc3c(OC(F)F)ccc(-c4nc(C(=O)NC5CCC(O)CC5)cs4)c3c2c1. The molecular weight excluding hydrogens is 492 g/mol. The van der Waals surface area contributed by atoms with Crippen LogP contribution in [0.1, 0.15) is 43.1 Å². The number of hydrogen-bond acceptors (Lipinski definition) is 7. The van der Waals surface area contributed by atoms with Gasteiger partial charge in [0.25, 0.3) is 5.91 Å². The number of ether oxygens (including phenoxy) is 1. The third kappa shape index (κ3) is 4.89. The molecule has 188 valence electrons. The lowest BCUT2D eigenvalue weighted by Gasteiger charge is -2.25. The highest BCUT2D eigenvalue weighted by molar-refractivity contribution is 7.13. The first-order chi connectivity index (χ1) is 17.3. The van der Waals surface area contributed by atoms with E-state index in [0.29, 0.717) is 58.3 Å². The third-order valence-corrected chi connectivity index (χ3v) is 6.99. The maximum atomic E-state index is 13.1. The minimum absolute atomic E-state index is 0.0199. The standard InChI is InChI=1S/C25H23F2N3O5S/c1-12(31)28-14-4-8-19-17(10-14)21-16(7-9-20(22(21)34-19)35-25(26)27)24-30-18(11-36-24)23(33)29-13-2-5-15(32)6-3-13/h4,7-11,13,15,25,32H,2-3,5-6H2,1H3,(H,28,31)(H,29,33). The summed E-state index contributed by atoms with van der Waals surface area (Å²) in [7, 11) is 0. The minimum atomic E-state index is -3.04. The van der Waals surface area contributed by atoms with Gasteiger partial charge >= 0.3 is 6.61 Å². The number of anilines is 1. The van der Waals surface area contributed by atoms with Crippen molar-refractivity contribution in [3.8, 4) is 16.3 Å². The van der Waals surface area contributed by atoms with Crippen LogP contribution >= 0.6 is 11.3 Å². The van der Waals surface area contributed by atoms with Gasteiger partial charge in [-0.15, -0.1) is 11.3 Å². The lowest BCUT2D eigenvalue weighted by atomic mass is 9.93. The van der Waals surface area contributed by atoms with E-state index < -0.39 is 6.61 Å². The average molecular weight is 516 g/mol. The Morgan fingerprint density at radius 3 is 2.69 bits per heavy atom. The summed E-state index contributed by atoms with van der Waals surface area (Å²) in [5, 5.41) is 18.6. The molecular formula is C25H23F2N3O5S. The van der Waals surface area contributed by atoms with Crippen molar-refractivity contribution in [2.75, 3.05) is 5.32 Å². The van der Waals surface area contributed by atoms with Crippen molar-refractivity contribution in [1.29, 1.82) is 0 Å². The number of hydrogen-bond donors (Lipinski definition) is 3. The van der Waals surface area contributed by atoms with Crippen LogP contribution in [0.2, 0.25) is 0 Å². The molecule has 0 spiro atoms. The van der Waals surface area contributed by atoms with Gasteiger partial charge in [-0.2, -0.15) is 8.78 Å². The first-order valence-electron chi connectivity index (χ1n) is 11.4. The number of nitrogens with zero attached hydrogens (tertiary/aromatic N) is 1. The Morgan fingerprint density at radius 1 is 1.19 bits per heavy atom. The summed E-state index contributed by atoms with van der Waals surface area (Å²) in [5.41, 5.74) is 1.87. The summed E-state index contributed by atoms with van der Waals surface area (Å²) in [4.78, 5) is 28.9. The molecule has 2 amide bonds. The maximum absolute atomic E-state index is 13.1. The number of amides is 2. The van der Waals surface area contributed by atoms with Gasteiger partial charge in [0.1, 0.15) is 16.3 Å². The Labute approximate surface area is 208 Å². The van der Waals surface area contributed by atoms with Crippen LogP contribution in [0.4, 0.5) is 14.5 Å². The molecule has 0 unspecified atom stereocenters. The largest absolute Gasteiger partial charge is 0.452 e. The molecule has 0 saturated heterocycles. The molecule has 2 heterocycles. The molecule has 2 aromatic heterocycles. The predicted octanol–water partition coefficient (Wildman–Crippen LogP) is 5.30. The van der Waals surface area contributed by atoms with Crippen LogP contribution in [-0.4, -0.2) is 40.7 Å². The zero-order chi connectivity index (χ0) is 25.4. The Hall–Kier alpha value is -3.57. The van der Waals surface area contributed by atoms with Crippen LogP contribution in [-0.2, 0) is 4.79 Å². The summed E-state index contributed by atoms with van der Waals surface area (Å²) < 4.78 is 36.7. The van der Waals surface area contributed by atoms with Crippen molar-refractivity contribution in [2.24, 2.45) is 0 Å². The molecule has 0 atom stereocenters. The quantitative estimate of drug-likeness (QED) is 0.321. The number of thiazole rings is 1. The van der Waals surface area contributed by atoms with E-state index in [-0.39, 0.29) is 41.0 Å². The van der Waals surface area contributed by atoms with E-state index in [1.165, 1.54) is 24.3 Å². The Kier molecular flexibility index (Phi) is 6.59. The molecule has 2 aromatic carbocycles. The molecule has 3 N–H and O–H groups in total. The normalized spacial score (nSPS) is 18.0. The van der Waals surface area contributed by atoms with Crippen molar-refractivity contribution in [1.82, 2.24) is 10.3 Å². The van der Waals surface area contributed by atoms with Crippen LogP contribution in [0.3, 0.4) is 0 Å². The fraction of sp³-hybridized carbons (Fsp3) is 0.320. The number of aliphatic hydroxyl groups is 1. The summed E-state index contributed by atoms with van der Waals surface area (Å²) in [6.07, 6.45) is 2.37. The van der Waals surface area contributed by atoms with Crippen LogP contribution in [0.5, 0.6) is 5.75 Å². The Morgan fingerprint density at radius 2 is 1.97 bits per heavy atom. The zero-order valence-electron chi connectivity index (χ0n) is 19.2. The number of benzene rings is 2. The molecule has 1 fully saturated rings. The molecule has 0 bridgehead atoms.